The largest absolute Gasteiger partial charge is 0.460 e. The Labute approximate surface area is 195 Å². The summed E-state index contributed by atoms with van der Waals surface area (Å²) in [7, 11) is 0. The molecular weight excluding hydrogens is 436 g/mol. The first-order valence-electron chi connectivity index (χ1n) is 10.6. The van der Waals surface area contributed by atoms with Gasteiger partial charge in [0.25, 0.3) is 5.69 Å². The van der Waals surface area contributed by atoms with E-state index in [0.29, 0.717) is 18.6 Å². The van der Waals surface area contributed by atoms with Crippen LogP contribution in [0.25, 0.3) is 22.1 Å². The molecule has 3 aromatic carbocycles. The summed E-state index contributed by atoms with van der Waals surface area (Å²) in [5, 5.41) is 27.5. The molecule has 9 nitrogen and oxygen atoms in total. The second-order valence-electron chi connectivity index (χ2n) is 7.94. The number of nitrogens with zero attached hydrogens (tertiary/aromatic N) is 3. The van der Waals surface area contributed by atoms with Gasteiger partial charge in [0.2, 0.25) is 0 Å². The lowest BCUT2D eigenvalue weighted by molar-refractivity contribution is -0.393. The Morgan fingerprint density at radius 3 is 2.47 bits per heavy atom. The van der Waals surface area contributed by atoms with Crippen molar-refractivity contribution >= 4 is 33.7 Å². The smallest absolute Gasteiger partial charge is 0.301 e. The molecule has 0 aliphatic carbocycles. The van der Waals surface area contributed by atoms with E-state index in [4.69, 9.17) is 4.42 Å². The maximum Gasteiger partial charge on any atom is 0.301 e. The molecule has 0 spiro atoms. The topological polar surface area (TPSA) is 124 Å². The zero-order chi connectivity index (χ0) is 24.2. The van der Waals surface area contributed by atoms with Crippen molar-refractivity contribution in [1.29, 1.82) is 0 Å². The number of furan rings is 1. The van der Waals surface area contributed by atoms with E-state index in [-0.39, 0.29) is 11.4 Å². The lowest BCUT2D eigenvalue weighted by Gasteiger charge is -2.06. The first-order chi connectivity index (χ1) is 16.3. The number of rotatable bonds is 8. The lowest BCUT2D eigenvalue weighted by Crippen LogP contribution is -2.02. The van der Waals surface area contributed by atoms with Crippen LogP contribution in [0.2, 0.25) is 0 Å². The third-order valence-corrected chi connectivity index (χ3v) is 5.45. The van der Waals surface area contributed by atoms with E-state index in [1.165, 1.54) is 12.1 Å². The Morgan fingerprint density at radius 1 is 1.00 bits per heavy atom. The van der Waals surface area contributed by atoms with Gasteiger partial charge in [-0.05, 0) is 44.0 Å². The Morgan fingerprint density at radius 2 is 1.76 bits per heavy atom. The molecule has 0 fully saturated rings. The number of aryl methyl sites for hydroxylation is 2. The van der Waals surface area contributed by atoms with Crippen LogP contribution in [-0.4, -0.2) is 15.6 Å². The fraction of sp³-hybridized carbons (Fsp3) is 0.160. The first-order valence-corrected chi connectivity index (χ1v) is 10.6. The molecule has 172 valence electrons. The van der Waals surface area contributed by atoms with E-state index in [1.54, 1.807) is 6.92 Å². The van der Waals surface area contributed by atoms with Gasteiger partial charge in [-0.1, -0.05) is 42.0 Å². The normalized spacial score (nSPS) is 11.5. The molecule has 0 aliphatic heterocycles. The van der Waals surface area contributed by atoms with E-state index < -0.39 is 15.5 Å². The predicted molar refractivity (Wildman–Crippen MR) is 131 cm³/mol. The van der Waals surface area contributed by atoms with Gasteiger partial charge in [0.05, 0.1) is 15.9 Å². The quantitative estimate of drug-likeness (QED) is 0.179. The minimum atomic E-state index is -0.678. The number of nitro benzene ring substituents is 2. The summed E-state index contributed by atoms with van der Waals surface area (Å²) in [5.74, 6) is 0.836. The molecule has 4 rings (SSSR count). The maximum atomic E-state index is 11.3. The number of fused-ring (bicyclic) bond motifs is 1. The van der Waals surface area contributed by atoms with Gasteiger partial charge in [-0.3, -0.25) is 25.7 Å². The molecule has 4 aromatic rings. The molecule has 0 radical (unpaired) electrons. The summed E-state index contributed by atoms with van der Waals surface area (Å²) >= 11 is 0. The highest BCUT2D eigenvalue weighted by Crippen LogP contribution is 2.36. The van der Waals surface area contributed by atoms with Gasteiger partial charge < -0.3 is 4.42 Å². The van der Waals surface area contributed by atoms with Crippen molar-refractivity contribution < 1.29 is 14.3 Å². The molecule has 0 aliphatic rings. The highest BCUT2D eigenvalue weighted by molar-refractivity contribution is 5.96. The van der Waals surface area contributed by atoms with E-state index in [0.717, 1.165) is 39.5 Å². The van der Waals surface area contributed by atoms with Gasteiger partial charge in [-0.2, -0.15) is 5.10 Å². The standard InChI is InChI=1S/C25H22N4O5/c1-16-8-12-23-20(14-16)25(18-6-4-3-5-7-18)24(34-23)13-9-17(2)26-27-21-11-10-19(28(30)31)15-22(21)29(32)33/h3-8,10-12,14-15,27H,9,13H2,1-2H3/b26-17+. The molecule has 1 aromatic heterocycles. The SMILES string of the molecule is C/C(CCc1oc2ccc(C)cc2c1-c1ccccc1)=N\Nc1ccc([N+](=O)[O-])cc1[N+](=O)[O-]. The average Bonchev–Trinajstić information content (AvgIpc) is 3.19. The van der Waals surface area contributed by atoms with Crippen LogP contribution in [0, 0.1) is 27.2 Å². The van der Waals surface area contributed by atoms with Crippen LogP contribution in [0.5, 0.6) is 0 Å². The van der Waals surface area contributed by atoms with Gasteiger partial charge in [0, 0.05) is 29.1 Å². The molecule has 0 saturated heterocycles. The molecule has 0 saturated carbocycles. The van der Waals surface area contributed by atoms with Crippen LogP contribution in [0.4, 0.5) is 17.1 Å². The van der Waals surface area contributed by atoms with Crippen molar-refractivity contribution in [3.8, 4) is 11.1 Å². The van der Waals surface area contributed by atoms with Crippen LogP contribution < -0.4 is 5.43 Å². The summed E-state index contributed by atoms with van der Waals surface area (Å²) in [6.45, 7) is 3.85. The molecule has 0 amide bonds. The van der Waals surface area contributed by atoms with Gasteiger partial charge in [0.1, 0.15) is 17.0 Å². The van der Waals surface area contributed by atoms with Crippen molar-refractivity contribution in [2.75, 3.05) is 5.43 Å². The van der Waals surface area contributed by atoms with Crippen LogP contribution >= 0.6 is 0 Å². The fourth-order valence-electron chi connectivity index (χ4n) is 3.74. The zero-order valence-electron chi connectivity index (χ0n) is 18.6. The van der Waals surface area contributed by atoms with Crippen LogP contribution in [0.3, 0.4) is 0 Å². The second kappa shape index (κ2) is 9.53. The number of non-ortho nitro benzene ring substituents is 1. The number of anilines is 1. The van der Waals surface area contributed by atoms with Crippen molar-refractivity contribution in [1.82, 2.24) is 0 Å². The molecule has 0 bridgehead atoms. The van der Waals surface area contributed by atoms with Crippen molar-refractivity contribution in [3.05, 3.63) is 98.3 Å². The molecular formula is C25H22N4O5. The number of hydrazone groups is 1. The molecule has 0 unspecified atom stereocenters. The second-order valence-corrected chi connectivity index (χ2v) is 7.94. The summed E-state index contributed by atoms with van der Waals surface area (Å²) in [6.07, 6.45) is 1.13. The first kappa shape index (κ1) is 22.7. The number of hydrogen-bond donors (Lipinski definition) is 1. The molecule has 34 heavy (non-hydrogen) atoms. The van der Waals surface area contributed by atoms with Crippen molar-refractivity contribution in [2.45, 2.75) is 26.7 Å². The number of hydrogen-bond acceptors (Lipinski definition) is 7. The van der Waals surface area contributed by atoms with Gasteiger partial charge >= 0.3 is 5.69 Å². The van der Waals surface area contributed by atoms with Gasteiger partial charge in [-0.25, -0.2) is 0 Å². The number of nitrogens with one attached hydrogen (secondary N) is 1. The molecule has 0 atom stereocenters. The predicted octanol–water partition coefficient (Wildman–Crippen LogP) is 6.65. The minimum absolute atomic E-state index is 0.0825. The third kappa shape index (κ3) is 4.78. The summed E-state index contributed by atoms with van der Waals surface area (Å²) in [6, 6.07) is 19.5. The highest BCUT2D eigenvalue weighted by Gasteiger charge is 2.20. The Hall–Kier alpha value is -4.53. The Bertz CT molecular complexity index is 1410. The van der Waals surface area contributed by atoms with E-state index >= 15 is 0 Å². The van der Waals surface area contributed by atoms with Crippen LogP contribution in [0.15, 0.2) is 76.2 Å². The fourth-order valence-corrected chi connectivity index (χ4v) is 3.74. The van der Waals surface area contributed by atoms with Crippen molar-refractivity contribution in [2.24, 2.45) is 5.10 Å². The van der Waals surface area contributed by atoms with E-state index in [1.807, 2.05) is 49.4 Å². The number of nitro groups is 2. The van der Waals surface area contributed by atoms with E-state index in [9.17, 15) is 20.2 Å². The van der Waals surface area contributed by atoms with Crippen LogP contribution in [-0.2, 0) is 6.42 Å². The monoisotopic (exact) mass is 458 g/mol. The summed E-state index contributed by atoms with van der Waals surface area (Å²) in [5.41, 5.74) is 6.75. The third-order valence-electron chi connectivity index (χ3n) is 5.45. The number of benzene rings is 3. The Balaban J connectivity index is 1.57. The summed E-state index contributed by atoms with van der Waals surface area (Å²) in [4.78, 5) is 20.9. The maximum absolute atomic E-state index is 11.3. The average molecular weight is 458 g/mol. The minimum Gasteiger partial charge on any atom is -0.460 e. The summed E-state index contributed by atoms with van der Waals surface area (Å²) < 4.78 is 6.18. The molecule has 1 heterocycles. The highest BCUT2D eigenvalue weighted by atomic mass is 16.6. The Kier molecular flexibility index (Phi) is 6.35. The van der Waals surface area contributed by atoms with Crippen LogP contribution in [0.1, 0.15) is 24.7 Å². The van der Waals surface area contributed by atoms with Gasteiger partial charge in [0.15, 0.2) is 0 Å². The van der Waals surface area contributed by atoms with E-state index in [2.05, 4.69) is 16.6 Å². The van der Waals surface area contributed by atoms with Crippen molar-refractivity contribution in [3.63, 3.8) is 0 Å². The molecule has 1 N–H and O–H groups in total. The van der Waals surface area contributed by atoms with Gasteiger partial charge in [-0.15, -0.1) is 0 Å². The molecule has 9 heteroatoms. The zero-order valence-corrected chi connectivity index (χ0v) is 18.6. The lowest BCUT2D eigenvalue weighted by atomic mass is 9.99.